The first kappa shape index (κ1) is 16.8. The van der Waals surface area contributed by atoms with Crippen molar-refractivity contribution in [3.8, 4) is 0 Å². The van der Waals surface area contributed by atoms with Gasteiger partial charge in [-0.25, -0.2) is 0 Å². The molecule has 1 aromatic carbocycles. The number of nitrogens with one attached hydrogen (secondary N) is 1. The molecule has 122 valence electrons. The van der Waals surface area contributed by atoms with Crippen LogP contribution in [-0.2, 0) is 16.0 Å². The fourth-order valence-corrected chi connectivity index (χ4v) is 2.85. The zero-order valence-electron chi connectivity index (χ0n) is 12.3. The summed E-state index contributed by atoms with van der Waals surface area (Å²) in [4.78, 5) is 12.2. The molecule has 7 heteroatoms. The Morgan fingerprint density at radius 1 is 1.41 bits per heavy atom. The van der Waals surface area contributed by atoms with Crippen LogP contribution in [0.5, 0.6) is 0 Å². The molecule has 1 amide bonds. The van der Waals surface area contributed by atoms with Crippen LogP contribution in [0.15, 0.2) is 24.3 Å². The van der Waals surface area contributed by atoms with E-state index in [2.05, 4.69) is 10.1 Å². The molecule has 2 rings (SSSR count). The lowest BCUT2D eigenvalue weighted by Crippen LogP contribution is -2.59. The molecule has 0 radical (unpaired) electrons. The van der Waals surface area contributed by atoms with Crippen molar-refractivity contribution in [2.45, 2.75) is 43.7 Å². The highest BCUT2D eigenvalue weighted by Gasteiger charge is 2.60. The van der Waals surface area contributed by atoms with Crippen LogP contribution in [0.4, 0.5) is 13.2 Å². The lowest BCUT2D eigenvalue weighted by Gasteiger charge is -2.33. The van der Waals surface area contributed by atoms with Crippen LogP contribution in [0.3, 0.4) is 0 Å². The highest BCUT2D eigenvalue weighted by atomic mass is 19.4. The number of carbonyl (C=O) groups is 1. The van der Waals surface area contributed by atoms with E-state index >= 15 is 0 Å². The molecule has 0 bridgehead atoms. The number of halogens is 3. The largest absolute Gasteiger partial charge is 0.426 e. The Morgan fingerprint density at radius 2 is 2.05 bits per heavy atom. The van der Waals surface area contributed by atoms with Gasteiger partial charge in [-0.2, -0.15) is 13.2 Å². The molecule has 22 heavy (non-hydrogen) atoms. The number of methoxy groups -OCH3 is 1. The number of amides is 1. The van der Waals surface area contributed by atoms with Gasteiger partial charge < -0.3 is 15.2 Å². The fourth-order valence-electron chi connectivity index (χ4n) is 2.85. The summed E-state index contributed by atoms with van der Waals surface area (Å²) in [6, 6.07) is 6.08. The third kappa shape index (κ3) is 2.59. The van der Waals surface area contributed by atoms with Crippen LogP contribution in [0.25, 0.3) is 0 Å². The molecule has 1 aromatic rings. The molecule has 1 unspecified atom stereocenters. The minimum Gasteiger partial charge on any atom is -0.390 e. The van der Waals surface area contributed by atoms with Crippen molar-refractivity contribution in [2.75, 3.05) is 7.11 Å². The molecule has 0 heterocycles. The quantitative estimate of drug-likeness (QED) is 0.894. The molecule has 0 saturated carbocycles. The average molecular weight is 317 g/mol. The lowest BCUT2D eigenvalue weighted by atomic mass is 9.97. The minimum absolute atomic E-state index is 0.291. The van der Waals surface area contributed by atoms with Gasteiger partial charge in [-0.1, -0.05) is 31.2 Å². The summed E-state index contributed by atoms with van der Waals surface area (Å²) in [7, 11) is 0.857. The van der Waals surface area contributed by atoms with Crippen LogP contribution in [-0.4, -0.2) is 36.0 Å². The van der Waals surface area contributed by atoms with Crippen molar-refractivity contribution in [3.05, 3.63) is 35.4 Å². The third-order valence-corrected chi connectivity index (χ3v) is 4.16. The summed E-state index contributed by atoms with van der Waals surface area (Å²) in [5, 5.41) is 12.3. The van der Waals surface area contributed by atoms with Gasteiger partial charge in [-0.15, -0.1) is 0 Å². The van der Waals surface area contributed by atoms with Gasteiger partial charge in [0, 0.05) is 13.5 Å². The first-order valence-electron chi connectivity index (χ1n) is 6.95. The second kappa shape index (κ2) is 5.89. The van der Waals surface area contributed by atoms with E-state index in [0.29, 0.717) is 12.0 Å². The Kier molecular flexibility index (Phi) is 4.49. The summed E-state index contributed by atoms with van der Waals surface area (Å²) in [5.74, 6) is -1.29. The fraction of sp³-hybridized carbons (Fsp3) is 0.533. The van der Waals surface area contributed by atoms with Gasteiger partial charge in [0.25, 0.3) is 5.91 Å². The van der Waals surface area contributed by atoms with Gasteiger partial charge in [0.15, 0.2) is 0 Å². The van der Waals surface area contributed by atoms with Crippen molar-refractivity contribution in [1.29, 1.82) is 0 Å². The number of hydrogen-bond donors (Lipinski definition) is 2. The van der Waals surface area contributed by atoms with Crippen molar-refractivity contribution < 1.29 is 27.8 Å². The van der Waals surface area contributed by atoms with Gasteiger partial charge in [0.2, 0.25) is 5.60 Å². The maximum Gasteiger partial charge on any atom is 0.426 e. The average Bonchev–Trinajstić information content (AvgIpc) is 2.76. The van der Waals surface area contributed by atoms with Gasteiger partial charge in [0.05, 0.1) is 12.1 Å². The van der Waals surface area contributed by atoms with Crippen LogP contribution < -0.4 is 5.32 Å². The van der Waals surface area contributed by atoms with Gasteiger partial charge in [-0.05, 0) is 17.5 Å². The lowest BCUT2D eigenvalue weighted by molar-refractivity contribution is -0.261. The molecular weight excluding hydrogens is 299 g/mol. The molecule has 0 saturated heterocycles. The van der Waals surface area contributed by atoms with E-state index in [0.717, 1.165) is 12.7 Å². The SMILES string of the molecule is CCC(OC)(C(=O)N[C@@H]1c2ccccc2C[C@@H]1O)C(F)(F)F. The number of aliphatic hydroxyl groups excluding tert-OH is 1. The highest BCUT2D eigenvalue weighted by molar-refractivity contribution is 5.86. The molecule has 3 atom stereocenters. The molecule has 1 aliphatic carbocycles. The summed E-state index contributed by atoms with van der Waals surface area (Å²) in [6.07, 6.45) is -6.06. The van der Waals surface area contributed by atoms with E-state index in [4.69, 9.17) is 0 Å². The van der Waals surface area contributed by atoms with E-state index in [1.807, 2.05) is 0 Å². The van der Waals surface area contributed by atoms with E-state index in [1.54, 1.807) is 24.3 Å². The molecule has 0 fully saturated rings. The molecular formula is C15H18F3NO3. The maximum atomic E-state index is 13.2. The Labute approximate surface area is 126 Å². The molecule has 2 N–H and O–H groups in total. The number of hydrogen-bond acceptors (Lipinski definition) is 3. The van der Waals surface area contributed by atoms with Crippen LogP contribution in [0, 0.1) is 0 Å². The van der Waals surface area contributed by atoms with E-state index in [-0.39, 0.29) is 0 Å². The summed E-state index contributed by atoms with van der Waals surface area (Å²) in [6.45, 7) is 1.23. The van der Waals surface area contributed by atoms with Crippen molar-refractivity contribution in [2.24, 2.45) is 0 Å². The first-order valence-corrected chi connectivity index (χ1v) is 6.95. The summed E-state index contributed by atoms with van der Waals surface area (Å²) >= 11 is 0. The first-order chi connectivity index (χ1) is 10.3. The second-order valence-electron chi connectivity index (χ2n) is 5.30. The zero-order valence-corrected chi connectivity index (χ0v) is 12.3. The van der Waals surface area contributed by atoms with Crippen LogP contribution in [0.1, 0.15) is 30.5 Å². The Morgan fingerprint density at radius 3 is 2.59 bits per heavy atom. The van der Waals surface area contributed by atoms with E-state index in [9.17, 15) is 23.1 Å². The Bertz CT molecular complexity index is 555. The monoisotopic (exact) mass is 317 g/mol. The molecule has 0 aromatic heterocycles. The zero-order chi connectivity index (χ0) is 16.5. The van der Waals surface area contributed by atoms with Crippen molar-refractivity contribution >= 4 is 5.91 Å². The van der Waals surface area contributed by atoms with Gasteiger partial charge >= 0.3 is 6.18 Å². The highest BCUT2D eigenvalue weighted by Crippen LogP contribution is 2.38. The predicted molar refractivity (Wildman–Crippen MR) is 73.1 cm³/mol. The second-order valence-corrected chi connectivity index (χ2v) is 5.30. The van der Waals surface area contributed by atoms with E-state index < -0.39 is 36.3 Å². The van der Waals surface area contributed by atoms with Gasteiger partial charge in [0.1, 0.15) is 0 Å². The molecule has 0 aliphatic heterocycles. The number of ether oxygens (including phenoxy) is 1. The summed E-state index contributed by atoms with van der Waals surface area (Å²) in [5.41, 5.74) is -1.47. The number of carbonyl (C=O) groups excluding carboxylic acids is 1. The number of aliphatic hydroxyl groups is 1. The van der Waals surface area contributed by atoms with Crippen molar-refractivity contribution in [3.63, 3.8) is 0 Å². The normalized spacial score (nSPS) is 23.7. The Hall–Kier alpha value is -1.60. The van der Waals surface area contributed by atoms with Crippen LogP contribution in [0.2, 0.25) is 0 Å². The topological polar surface area (TPSA) is 58.6 Å². The smallest absolute Gasteiger partial charge is 0.390 e. The Balaban J connectivity index is 2.28. The summed E-state index contributed by atoms with van der Waals surface area (Å²) < 4.78 is 44.3. The van der Waals surface area contributed by atoms with Crippen LogP contribution >= 0.6 is 0 Å². The number of fused-ring (bicyclic) bond motifs is 1. The van der Waals surface area contributed by atoms with Gasteiger partial charge in [-0.3, -0.25) is 4.79 Å². The maximum absolute atomic E-state index is 13.2. The molecule has 1 aliphatic rings. The number of alkyl halides is 3. The molecule has 4 nitrogen and oxygen atoms in total. The number of benzene rings is 1. The molecule has 0 spiro atoms. The van der Waals surface area contributed by atoms with E-state index in [1.165, 1.54) is 6.92 Å². The predicted octanol–water partition coefficient (Wildman–Crippen LogP) is 2.12. The third-order valence-electron chi connectivity index (χ3n) is 4.16. The number of rotatable bonds is 4. The standard InChI is InChI=1S/C15H18F3NO3/c1-3-14(22-2,15(16,17)18)13(21)19-12-10-7-5-4-6-9(10)8-11(12)20/h4-7,11-12,20H,3,8H2,1-2H3,(H,19,21)/t11-,12+,14?/m0/s1. The minimum atomic E-state index is -4.84. The van der Waals surface area contributed by atoms with Crippen molar-refractivity contribution in [1.82, 2.24) is 5.32 Å².